The number of pyridine rings is 1. The lowest BCUT2D eigenvalue weighted by molar-refractivity contribution is 0.262. The largest absolute Gasteiger partial charge is 0.324 e. The van der Waals surface area contributed by atoms with Crippen molar-refractivity contribution in [1.29, 1.82) is 0 Å². The van der Waals surface area contributed by atoms with Crippen LogP contribution in [0.25, 0.3) is 0 Å². The van der Waals surface area contributed by atoms with Crippen LogP contribution in [0.15, 0.2) is 48.8 Å². The van der Waals surface area contributed by atoms with Crippen molar-refractivity contribution in [3.63, 3.8) is 0 Å². The zero-order valence-electron chi connectivity index (χ0n) is 10.6. The molecule has 1 aromatic carbocycles. The lowest BCUT2D eigenvalue weighted by atomic mass is 10.1. The summed E-state index contributed by atoms with van der Waals surface area (Å²) in [6, 6.07) is 10.6. The first-order valence-corrected chi connectivity index (χ1v) is 5.99. The fraction of sp³-hybridized carbons (Fsp3) is 0.143. The lowest BCUT2D eigenvalue weighted by Gasteiger charge is -2.09. The first-order chi connectivity index (χ1) is 9.15. The fourth-order valence-electron chi connectivity index (χ4n) is 1.60. The normalized spacial score (nSPS) is 11.7. The molecule has 4 N–H and O–H groups in total. The molecule has 2 aromatic rings. The van der Waals surface area contributed by atoms with E-state index < -0.39 is 0 Å². The molecule has 98 valence electrons. The standard InChI is InChI=1S/C14H16N4O/c1-10(15)11-4-6-12(7-5-11)17-14(19)18-13-3-2-8-16-9-13/h2-10H,15H2,1H3,(H2,17,18,19). The summed E-state index contributed by atoms with van der Waals surface area (Å²) >= 11 is 0. The molecule has 1 aromatic heterocycles. The van der Waals surface area contributed by atoms with Crippen molar-refractivity contribution in [3.8, 4) is 0 Å². The fourth-order valence-corrected chi connectivity index (χ4v) is 1.60. The molecule has 0 saturated heterocycles. The highest BCUT2D eigenvalue weighted by Gasteiger charge is 2.03. The van der Waals surface area contributed by atoms with Gasteiger partial charge in [0.25, 0.3) is 0 Å². The van der Waals surface area contributed by atoms with Crippen LogP contribution in [0.5, 0.6) is 0 Å². The second-order valence-corrected chi connectivity index (χ2v) is 4.23. The summed E-state index contributed by atoms with van der Waals surface area (Å²) in [5.74, 6) is 0. The van der Waals surface area contributed by atoms with Gasteiger partial charge < -0.3 is 16.4 Å². The van der Waals surface area contributed by atoms with E-state index in [1.54, 1.807) is 24.5 Å². The molecule has 1 heterocycles. The maximum atomic E-state index is 11.7. The first-order valence-electron chi connectivity index (χ1n) is 5.99. The van der Waals surface area contributed by atoms with Crippen LogP contribution in [-0.4, -0.2) is 11.0 Å². The number of rotatable bonds is 3. The van der Waals surface area contributed by atoms with Crippen LogP contribution >= 0.6 is 0 Å². The summed E-state index contributed by atoms with van der Waals surface area (Å²) < 4.78 is 0. The van der Waals surface area contributed by atoms with Crippen LogP contribution < -0.4 is 16.4 Å². The van der Waals surface area contributed by atoms with Crippen molar-refractivity contribution in [2.75, 3.05) is 10.6 Å². The van der Waals surface area contributed by atoms with E-state index in [0.717, 1.165) is 5.56 Å². The Morgan fingerprint density at radius 3 is 2.42 bits per heavy atom. The Kier molecular flexibility index (Phi) is 4.10. The van der Waals surface area contributed by atoms with Crippen LogP contribution in [-0.2, 0) is 0 Å². The molecule has 5 nitrogen and oxygen atoms in total. The van der Waals surface area contributed by atoms with Crippen molar-refractivity contribution in [2.24, 2.45) is 5.73 Å². The molecule has 2 rings (SSSR count). The minimum absolute atomic E-state index is 0.0155. The van der Waals surface area contributed by atoms with Crippen LogP contribution in [0.2, 0.25) is 0 Å². The highest BCUT2D eigenvalue weighted by Crippen LogP contribution is 2.14. The van der Waals surface area contributed by atoms with Gasteiger partial charge in [0.05, 0.1) is 11.9 Å². The third-order valence-corrected chi connectivity index (χ3v) is 2.61. The van der Waals surface area contributed by atoms with Crippen molar-refractivity contribution in [2.45, 2.75) is 13.0 Å². The number of nitrogens with one attached hydrogen (secondary N) is 2. The van der Waals surface area contributed by atoms with Gasteiger partial charge in [0.1, 0.15) is 0 Å². The number of aromatic nitrogens is 1. The molecule has 0 aliphatic rings. The van der Waals surface area contributed by atoms with Gasteiger partial charge >= 0.3 is 6.03 Å². The number of urea groups is 1. The third kappa shape index (κ3) is 3.79. The number of anilines is 2. The van der Waals surface area contributed by atoms with Crippen molar-refractivity contribution >= 4 is 17.4 Å². The summed E-state index contributed by atoms with van der Waals surface area (Å²) in [7, 11) is 0. The van der Waals surface area contributed by atoms with E-state index in [1.165, 1.54) is 0 Å². The number of nitrogens with zero attached hydrogens (tertiary/aromatic N) is 1. The van der Waals surface area contributed by atoms with Gasteiger partial charge in [-0.05, 0) is 36.8 Å². The highest BCUT2D eigenvalue weighted by molar-refractivity contribution is 5.99. The molecule has 19 heavy (non-hydrogen) atoms. The average Bonchev–Trinajstić information content (AvgIpc) is 2.40. The maximum absolute atomic E-state index is 11.7. The molecular weight excluding hydrogens is 240 g/mol. The number of nitrogens with two attached hydrogens (primary N) is 1. The monoisotopic (exact) mass is 256 g/mol. The van der Waals surface area contributed by atoms with Crippen molar-refractivity contribution < 1.29 is 4.79 Å². The summed E-state index contributed by atoms with van der Waals surface area (Å²) in [6.45, 7) is 1.91. The van der Waals surface area contributed by atoms with Crippen molar-refractivity contribution in [1.82, 2.24) is 4.98 Å². The Morgan fingerprint density at radius 1 is 1.16 bits per heavy atom. The molecule has 0 bridgehead atoms. The topological polar surface area (TPSA) is 80.0 Å². The average molecular weight is 256 g/mol. The molecule has 5 heteroatoms. The molecule has 1 atom stereocenters. The minimum atomic E-state index is -0.304. The summed E-state index contributed by atoms with van der Waals surface area (Å²) in [6.07, 6.45) is 3.23. The summed E-state index contributed by atoms with van der Waals surface area (Å²) in [4.78, 5) is 15.6. The third-order valence-electron chi connectivity index (χ3n) is 2.61. The van der Waals surface area contributed by atoms with Crippen LogP contribution in [0.3, 0.4) is 0 Å². The highest BCUT2D eigenvalue weighted by atomic mass is 16.2. The van der Waals surface area contributed by atoms with E-state index >= 15 is 0 Å². The quantitative estimate of drug-likeness (QED) is 0.790. The number of carbonyl (C=O) groups is 1. The first kappa shape index (κ1) is 13.0. The van der Waals surface area contributed by atoms with Gasteiger partial charge in [-0.3, -0.25) is 4.98 Å². The van der Waals surface area contributed by atoms with Gasteiger partial charge in [-0.2, -0.15) is 0 Å². The SMILES string of the molecule is CC(N)c1ccc(NC(=O)Nc2cccnc2)cc1. The summed E-state index contributed by atoms with van der Waals surface area (Å²) in [5, 5.41) is 5.43. The number of hydrogen-bond donors (Lipinski definition) is 3. The van der Waals surface area contributed by atoms with E-state index in [1.807, 2.05) is 31.2 Å². The smallest absolute Gasteiger partial charge is 0.323 e. The number of amides is 2. The van der Waals surface area contributed by atoms with Crippen LogP contribution in [0, 0.1) is 0 Å². The zero-order valence-corrected chi connectivity index (χ0v) is 10.6. The second-order valence-electron chi connectivity index (χ2n) is 4.23. The number of carbonyl (C=O) groups excluding carboxylic acids is 1. The minimum Gasteiger partial charge on any atom is -0.324 e. The van der Waals surface area contributed by atoms with Gasteiger partial charge in [-0.1, -0.05) is 12.1 Å². The molecule has 0 spiro atoms. The zero-order chi connectivity index (χ0) is 13.7. The van der Waals surface area contributed by atoms with Crippen LogP contribution in [0.1, 0.15) is 18.5 Å². The molecule has 0 fully saturated rings. The number of hydrogen-bond acceptors (Lipinski definition) is 3. The van der Waals surface area contributed by atoms with Gasteiger partial charge in [-0.15, -0.1) is 0 Å². The Hall–Kier alpha value is -2.40. The summed E-state index contributed by atoms with van der Waals surface area (Å²) in [5.41, 5.74) is 8.15. The Morgan fingerprint density at radius 2 is 1.84 bits per heavy atom. The number of benzene rings is 1. The van der Waals surface area contributed by atoms with E-state index in [9.17, 15) is 4.79 Å². The molecule has 1 unspecified atom stereocenters. The van der Waals surface area contributed by atoms with Gasteiger partial charge in [0.15, 0.2) is 0 Å². The molecule has 2 amide bonds. The van der Waals surface area contributed by atoms with E-state index in [4.69, 9.17) is 5.73 Å². The predicted molar refractivity (Wildman–Crippen MR) is 75.9 cm³/mol. The Labute approximate surface area is 111 Å². The molecule has 0 aliphatic carbocycles. The predicted octanol–water partition coefficient (Wildman–Crippen LogP) is 2.75. The Balaban J connectivity index is 1.95. The van der Waals surface area contributed by atoms with Gasteiger partial charge in [-0.25, -0.2) is 4.79 Å². The van der Waals surface area contributed by atoms with Crippen molar-refractivity contribution in [3.05, 3.63) is 54.4 Å². The molecule has 0 radical (unpaired) electrons. The molecule has 0 saturated carbocycles. The van der Waals surface area contributed by atoms with E-state index in [-0.39, 0.29) is 12.1 Å². The Bertz CT molecular complexity index is 537. The molecular formula is C14H16N4O. The lowest BCUT2D eigenvalue weighted by Crippen LogP contribution is -2.19. The van der Waals surface area contributed by atoms with Gasteiger partial charge in [0.2, 0.25) is 0 Å². The van der Waals surface area contributed by atoms with Crippen LogP contribution in [0.4, 0.5) is 16.2 Å². The second kappa shape index (κ2) is 5.97. The maximum Gasteiger partial charge on any atom is 0.323 e. The van der Waals surface area contributed by atoms with Gasteiger partial charge in [0, 0.05) is 17.9 Å². The molecule has 0 aliphatic heterocycles. The van der Waals surface area contributed by atoms with E-state index in [2.05, 4.69) is 15.6 Å². The van der Waals surface area contributed by atoms with E-state index in [0.29, 0.717) is 11.4 Å².